The number of hydrogen-bond acceptors (Lipinski definition) is 6. The lowest BCUT2D eigenvalue weighted by atomic mass is 10.3. The molecule has 0 saturated heterocycles. The minimum Gasteiger partial charge on any atom is -0.269 e. The SMILES string of the molecule is C=CC(S(=O)(=O)OCCCCC)S(=O)(=O)OCCCCC. The summed E-state index contributed by atoms with van der Waals surface area (Å²) in [6.07, 6.45) is 5.38. The molecule has 0 atom stereocenters. The van der Waals surface area contributed by atoms with E-state index < -0.39 is 24.8 Å². The van der Waals surface area contributed by atoms with Gasteiger partial charge in [-0.2, -0.15) is 16.8 Å². The summed E-state index contributed by atoms with van der Waals surface area (Å²) in [4.78, 5) is 0. The largest absolute Gasteiger partial charge is 0.291 e. The summed E-state index contributed by atoms with van der Waals surface area (Å²) in [6.45, 7) is 7.13. The van der Waals surface area contributed by atoms with Crippen molar-refractivity contribution in [3.8, 4) is 0 Å². The Kier molecular flexibility index (Phi) is 10.1. The fourth-order valence-electron chi connectivity index (χ4n) is 1.57. The molecular weight excluding hydrogens is 316 g/mol. The molecular formula is C13H26O6S2. The molecule has 0 aromatic carbocycles. The van der Waals surface area contributed by atoms with E-state index in [9.17, 15) is 16.8 Å². The Bertz CT molecular complexity index is 439. The van der Waals surface area contributed by atoms with E-state index in [-0.39, 0.29) is 13.2 Å². The smallest absolute Gasteiger partial charge is 0.269 e. The minimum atomic E-state index is -4.28. The van der Waals surface area contributed by atoms with Crippen LogP contribution in [0, 0.1) is 0 Å². The third kappa shape index (κ3) is 7.94. The van der Waals surface area contributed by atoms with Gasteiger partial charge in [0, 0.05) is 0 Å². The van der Waals surface area contributed by atoms with Gasteiger partial charge in [0.15, 0.2) is 0 Å². The predicted octanol–water partition coefficient (Wildman–Crippen LogP) is 2.57. The molecule has 0 N–H and O–H groups in total. The van der Waals surface area contributed by atoms with E-state index >= 15 is 0 Å². The van der Waals surface area contributed by atoms with Crippen molar-refractivity contribution in [1.82, 2.24) is 0 Å². The van der Waals surface area contributed by atoms with Crippen molar-refractivity contribution in [1.29, 1.82) is 0 Å². The highest BCUT2D eigenvalue weighted by Crippen LogP contribution is 2.16. The second kappa shape index (κ2) is 10.3. The molecule has 8 heteroatoms. The first-order chi connectivity index (χ1) is 9.81. The maximum Gasteiger partial charge on any atom is 0.291 e. The van der Waals surface area contributed by atoms with Gasteiger partial charge < -0.3 is 0 Å². The molecule has 0 bridgehead atoms. The van der Waals surface area contributed by atoms with Crippen molar-refractivity contribution in [3.63, 3.8) is 0 Å². The molecule has 6 nitrogen and oxygen atoms in total. The molecule has 0 radical (unpaired) electrons. The Morgan fingerprint density at radius 3 is 1.52 bits per heavy atom. The van der Waals surface area contributed by atoms with E-state index in [0.29, 0.717) is 12.8 Å². The highest BCUT2D eigenvalue weighted by Gasteiger charge is 2.37. The molecule has 0 unspecified atom stereocenters. The van der Waals surface area contributed by atoms with Crippen LogP contribution in [0.3, 0.4) is 0 Å². The topological polar surface area (TPSA) is 86.7 Å². The first-order valence-corrected chi connectivity index (χ1v) is 10.1. The summed E-state index contributed by atoms with van der Waals surface area (Å²) < 4.78 is 55.2. The molecule has 0 rings (SSSR count). The fourth-order valence-corrected chi connectivity index (χ4v) is 4.50. The normalized spacial score (nSPS) is 12.7. The Morgan fingerprint density at radius 1 is 0.857 bits per heavy atom. The highest BCUT2D eigenvalue weighted by molar-refractivity contribution is 8.05. The van der Waals surface area contributed by atoms with Gasteiger partial charge in [-0.15, -0.1) is 6.58 Å². The first-order valence-electron chi connectivity index (χ1n) is 7.20. The first kappa shape index (κ1) is 20.6. The molecule has 0 aliphatic rings. The average Bonchev–Trinajstić information content (AvgIpc) is 2.40. The zero-order valence-electron chi connectivity index (χ0n) is 12.8. The standard InChI is InChI=1S/C13H26O6S2/c1-4-7-9-11-18-20(14,15)13(6-3)21(16,17)19-12-10-8-5-2/h6,13H,3-5,7-12H2,1-2H3. The van der Waals surface area contributed by atoms with Crippen molar-refractivity contribution in [2.45, 2.75) is 57.0 Å². The van der Waals surface area contributed by atoms with Gasteiger partial charge in [-0.3, -0.25) is 8.37 Å². The summed E-state index contributed by atoms with van der Waals surface area (Å²) in [7, 11) is -8.57. The van der Waals surface area contributed by atoms with Gasteiger partial charge >= 0.3 is 0 Å². The quantitative estimate of drug-likeness (QED) is 0.290. The zero-order valence-corrected chi connectivity index (χ0v) is 14.4. The Morgan fingerprint density at radius 2 is 1.24 bits per heavy atom. The van der Waals surface area contributed by atoms with Crippen molar-refractivity contribution in [2.24, 2.45) is 0 Å². The lowest BCUT2D eigenvalue weighted by Crippen LogP contribution is -2.32. The lowest BCUT2D eigenvalue weighted by molar-refractivity contribution is 0.296. The third-order valence-corrected chi connectivity index (χ3v) is 6.68. The summed E-state index contributed by atoms with van der Waals surface area (Å²) in [5, 5.41) is 0. The highest BCUT2D eigenvalue weighted by atomic mass is 32.3. The van der Waals surface area contributed by atoms with Crippen LogP contribution in [0.25, 0.3) is 0 Å². The summed E-state index contributed by atoms with van der Waals surface area (Å²) in [6, 6.07) is 0. The van der Waals surface area contributed by atoms with Gasteiger partial charge in [0.2, 0.25) is 4.58 Å². The van der Waals surface area contributed by atoms with E-state index in [0.717, 1.165) is 31.8 Å². The van der Waals surface area contributed by atoms with Crippen LogP contribution in [0.5, 0.6) is 0 Å². The van der Waals surface area contributed by atoms with E-state index in [4.69, 9.17) is 8.37 Å². The van der Waals surface area contributed by atoms with Crippen LogP contribution in [-0.4, -0.2) is 34.6 Å². The van der Waals surface area contributed by atoms with Crippen LogP contribution in [0.4, 0.5) is 0 Å². The van der Waals surface area contributed by atoms with E-state index in [1.807, 2.05) is 13.8 Å². The van der Waals surface area contributed by atoms with Crippen molar-refractivity contribution in [3.05, 3.63) is 12.7 Å². The van der Waals surface area contributed by atoms with Crippen molar-refractivity contribution < 1.29 is 25.2 Å². The molecule has 0 aromatic rings. The van der Waals surface area contributed by atoms with Crippen LogP contribution in [0.2, 0.25) is 0 Å². The van der Waals surface area contributed by atoms with Gasteiger partial charge in [-0.25, -0.2) is 0 Å². The molecule has 0 fully saturated rings. The van der Waals surface area contributed by atoms with Gasteiger partial charge in [0.1, 0.15) is 0 Å². The third-order valence-electron chi connectivity index (χ3n) is 2.75. The maximum atomic E-state index is 11.9. The number of unbranched alkanes of at least 4 members (excludes halogenated alkanes) is 4. The number of hydrogen-bond donors (Lipinski definition) is 0. The second-order valence-electron chi connectivity index (χ2n) is 4.65. The number of rotatable bonds is 13. The average molecular weight is 342 g/mol. The van der Waals surface area contributed by atoms with Crippen LogP contribution in [0.15, 0.2) is 12.7 Å². The zero-order chi connectivity index (χ0) is 16.4. The van der Waals surface area contributed by atoms with Crippen LogP contribution in [0.1, 0.15) is 52.4 Å². The van der Waals surface area contributed by atoms with Crippen molar-refractivity contribution in [2.75, 3.05) is 13.2 Å². The molecule has 0 aliphatic heterocycles. The summed E-state index contributed by atoms with van der Waals surface area (Å²) in [5.74, 6) is 0. The Hall–Kier alpha value is -0.440. The maximum absolute atomic E-state index is 11.9. The van der Waals surface area contributed by atoms with E-state index in [1.165, 1.54) is 0 Å². The minimum absolute atomic E-state index is 0.0358. The molecule has 0 saturated carbocycles. The molecule has 126 valence electrons. The monoisotopic (exact) mass is 342 g/mol. The van der Waals surface area contributed by atoms with Gasteiger partial charge in [-0.05, 0) is 12.8 Å². The Balaban J connectivity index is 4.67. The second-order valence-corrected chi connectivity index (χ2v) is 8.40. The van der Waals surface area contributed by atoms with E-state index in [2.05, 4.69) is 6.58 Å². The van der Waals surface area contributed by atoms with Gasteiger partial charge in [0.05, 0.1) is 13.2 Å². The summed E-state index contributed by atoms with van der Waals surface area (Å²) >= 11 is 0. The molecule has 0 spiro atoms. The molecule has 0 aliphatic carbocycles. The molecule has 21 heavy (non-hydrogen) atoms. The molecule has 0 heterocycles. The molecule has 0 aromatic heterocycles. The van der Waals surface area contributed by atoms with Gasteiger partial charge in [-0.1, -0.05) is 45.6 Å². The van der Waals surface area contributed by atoms with E-state index in [1.54, 1.807) is 0 Å². The fraction of sp³-hybridized carbons (Fsp3) is 0.846. The molecule has 0 amide bonds. The van der Waals surface area contributed by atoms with Crippen LogP contribution < -0.4 is 0 Å². The van der Waals surface area contributed by atoms with Crippen LogP contribution in [-0.2, 0) is 28.6 Å². The summed E-state index contributed by atoms with van der Waals surface area (Å²) in [5.41, 5.74) is 0. The predicted molar refractivity (Wildman–Crippen MR) is 82.8 cm³/mol. The Labute approximate surface area is 128 Å². The lowest BCUT2D eigenvalue weighted by Gasteiger charge is -2.14. The van der Waals surface area contributed by atoms with Crippen molar-refractivity contribution >= 4 is 20.2 Å². The van der Waals surface area contributed by atoms with Gasteiger partial charge in [0.25, 0.3) is 20.2 Å². The van der Waals surface area contributed by atoms with Crippen LogP contribution >= 0.6 is 0 Å².